The molecule has 1 aromatic carbocycles. The van der Waals surface area contributed by atoms with Crippen molar-refractivity contribution in [3.05, 3.63) is 51.9 Å². The molecule has 152 valence electrons. The van der Waals surface area contributed by atoms with E-state index in [9.17, 15) is 9.59 Å². The van der Waals surface area contributed by atoms with Crippen LogP contribution in [0, 0.1) is 5.92 Å². The van der Waals surface area contributed by atoms with E-state index >= 15 is 0 Å². The molecule has 1 atom stereocenters. The van der Waals surface area contributed by atoms with Crippen molar-refractivity contribution in [2.45, 2.75) is 31.2 Å². The monoisotopic (exact) mass is 429 g/mol. The molecule has 3 aromatic rings. The van der Waals surface area contributed by atoms with Crippen LogP contribution in [0.5, 0.6) is 0 Å². The Morgan fingerprint density at radius 3 is 2.86 bits per heavy atom. The zero-order chi connectivity index (χ0) is 20.4. The molecule has 1 N–H and O–H groups in total. The fourth-order valence-electron chi connectivity index (χ4n) is 3.44. The number of hydrogen-bond acceptors (Lipinski definition) is 7. The largest absolute Gasteiger partial charge is 0.348 e. The minimum Gasteiger partial charge on any atom is -0.348 e. The molecule has 0 radical (unpaired) electrons. The number of nitrogens with zero attached hydrogens (tertiary/aromatic N) is 4. The second-order valence-electron chi connectivity index (χ2n) is 7.28. The lowest BCUT2D eigenvalue weighted by Gasteiger charge is -2.30. The van der Waals surface area contributed by atoms with Crippen molar-refractivity contribution in [2.75, 3.05) is 24.2 Å². The number of benzene rings is 1. The van der Waals surface area contributed by atoms with Crippen molar-refractivity contribution < 1.29 is 4.79 Å². The third-order valence-corrected chi connectivity index (χ3v) is 6.79. The van der Waals surface area contributed by atoms with Gasteiger partial charge in [0.05, 0.1) is 0 Å². The fourth-order valence-corrected chi connectivity index (χ4v) is 4.75. The van der Waals surface area contributed by atoms with Gasteiger partial charge < -0.3 is 10.2 Å². The minimum atomic E-state index is -0.438. The van der Waals surface area contributed by atoms with Crippen LogP contribution in [0.4, 0.5) is 5.13 Å². The Labute approximate surface area is 177 Å². The summed E-state index contributed by atoms with van der Waals surface area (Å²) in [4.78, 5) is 33.5. The number of anilines is 1. The highest BCUT2D eigenvalue weighted by molar-refractivity contribution is 7.98. The van der Waals surface area contributed by atoms with E-state index in [1.54, 1.807) is 11.8 Å². The van der Waals surface area contributed by atoms with Crippen LogP contribution in [0.15, 0.2) is 40.2 Å². The summed E-state index contributed by atoms with van der Waals surface area (Å²) in [5.41, 5.74) is 0.547. The van der Waals surface area contributed by atoms with E-state index in [0.29, 0.717) is 17.4 Å². The zero-order valence-corrected chi connectivity index (χ0v) is 18.1. The van der Waals surface area contributed by atoms with E-state index in [1.165, 1.54) is 28.5 Å². The van der Waals surface area contributed by atoms with Crippen molar-refractivity contribution in [1.82, 2.24) is 19.9 Å². The highest BCUT2D eigenvalue weighted by Gasteiger charge is 2.22. The van der Waals surface area contributed by atoms with Crippen LogP contribution in [-0.2, 0) is 6.54 Å². The molecule has 1 saturated heterocycles. The maximum Gasteiger partial charge on any atom is 0.288 e. The number of aromatic nitrogens is 3. The van der Waals surface area contributed by atoms with Crippen LogP contribution in [0.3, 0.4) is 0 Å². The molecule has 1 unspecified atom stereocenters. The maximum atomic E-state index is 12.8. The first kappa shape index (κ1) is 19.9. The fraction of sp³-hybridized carbons (Fsp3) is 0.400. The van der Waals surface area contributed by atoms with E-state index in [0.717, 1.165) is 35.1 Å². The quantitative estimate of drug-likeness (QED) is 0.628. The molecule has 9 heteroatoms. The molecule has 4 rings (SSSR count). The number of fused-ring (bicyclic) bond motifs is 1. The Morgan fingerprint density at radius 1 is 1.34 bits per heavy atom. The molecule has 1 aliphatic rings. The van der Waals surface area contributed by atoms with Gasteiger partial charge in [-0.3, -0.25) is 9.59 Å². The Hall–Kier alpha value is -2.39. The molecule has 1 amide bonds. The first-order chi connectivity index (χ1) is 14.0. The van der Waals surface area contributed by atoms with Gasteiger partial charge in [-0.25, -0.2) is 4.98 Å². The van der Waals surface area contributed by atoms with Gasteiger partial charge in [-0.05, 0) is 42.7 Å². The van der Waals surface area contributed by atoms with Crippen LogP contribution >= 0.6 is 23.1 Å². The lowest BCUT2D eigenvalue weighted by Crippen LogP contribution is -2.34. The van der Waals surface area contributed by atoms with E-state index < -0.39 is 11.5 Å². The molecule has 0 aliphatic carbocycles. The average molecular weight is 430 g/mol. The summed E-state index contributed by atoms with van der Waals surface area (Å²) >= 11 is 3.05. The van der Waals surface area contributed by atoms with Gasteiger partial charge >= 0.3 is 0 Å². The summed E-state index contributed by atoms with van der Waals surface area (Å²) < 4.78 is 1.25. The van der Waals surface area contributed by atoms with E-state index in [-0.39, 0.29) is 5.56 Å². The Balaban J connectivity index is 1.51. The van der Waals surface area contributed by atoms with Crippen LogP contribution in [0.1, 0.15) is 35.7 Å². The molecular formula is C20H23N5O2S2. The van der Waals surface area contributed by atoms with Gasteiger partial charge in [-0.1, -0.05) is 30.4 Å². The third-order valence-electron chi connectivity index (χ3n) is 5.06. The summed E-state index contributed by atoms with van der Waals surface area (Å²) in [5, 5.41) is 8.04. The van der Waals surface area contributed by atoms with E-state index in [1.807, 2.05) is 30.5 Å². The maximum absolute atomic E-state index is 12.8. The van der Waals surface area contributed by atoms with Crippen molar-refractivity contribution >= 4 is 39.1 Å². The first-order valence-corrected chi connectivity index (χ1v) is 11.6. The number of piperidine rings is 1. The second-order valence-corrected chi connectivity index (χ2v) is 9.09. The summed E-state index contributed by atoms with van der Waals surface area (Å²) in [6, 6.07) is 7.94. The molecule has 29 heavy (non-hydrogen) atoms. The lowest BCUT2D eigenvalue weighted by atomic mass is 10.0. The number of hydrogen-bond donors (Lipinski definition) is 1. The van der Waals surface area contributed by atoms with Crippen LogP contribution in [0.25, 0.3) is 4.96 Å². The highest BCUT2D eigenvalue weighted by atomic mass is 32.2. The molecule has 0 saturated carbocycles. The van der Waals surface area contributed by atoms with E-state index in [4.69, 9.17) is 0 Å². The first-order valence-electron chi connectivity index (χ1n) is 9.60. The molecule has 7 nitrogen and oxygen atoms in total. The number of thioether (sulfide) groups is 1. The number of rotatable bonds is 5. The molecule has 1 fully saturated rings. The molecule has 0 spiro atoms. The van der Waals surface area contributed by atoms with Gasteiger partial charge in [0.2, 0.25) is 10.1 Å². The predicted molar refractivity (Wildman–Crippen MR) is 117 cm³/mol. The Kier molecular flexibility index (Phi) is 5.86. The SMILES string of the molecule is CSc1ccc(CNC(=O)c2cnc3sc(N4CCCC(C)C4)nn3c2=O)cc1. The predicted octanol–water partition coefficient (Wildman–Crippen LogP) is 3.04. The topological polar surface area (TPSA) is 79.6 Å². The van der Waals surface area contributed by atoms with E-state index in [2.05, 4.69) is 27.2 Å². The summed E-state index contributed by atoms with van der Waals surface area (Å²) in [7, 11) is 0. The third kappa shape index (κ3) is 4.30. The summed E-state index contributed by atoms with van der Waals surface area (Å²) in [5.74, 6) is 0.166. The Morgan fingerprint density at radius 2 is 2.14 bits per heavy atom. The van der Waals surface area contributed by atoms with Gasteiger partial charge in [-0.2, -0.15) is 4.52 Å². The summed E-state index contributed by atoms with van der Waals surface area (Å²) in [6.07, 6.45) is 5.70. The highest BCUT2D eigenvalue weighted by Crippen LogP contribution is 2.26. The van der Waals surface area contributed by atoms with Gasteiger partial charge in [0, 0.05) is 30.7 Å². The van der Waals surface area contributed by atoms with Crippen molar-refractivity contribution in [3.63, 3.8) is 0 Å². The average Bonchev–Trinajstić information content (AvgIpc) is 3.18. The molecule has 3 heterocycles. The van der Waals surface area contributed by atoms with Gasteiger partial charge in [-0.15, -0.1) is 16.9 Å². The number of carbonyl (C=O) groups excluding carboxylic acids is 1. The summed E-state index contributed by atoms with van der Waals surface area (Å²) in [6.45, 7) is 4.43. The van der Waals surface area contributed by atoms with Crippen LogP contribution < -0.4 is 15.8 Å². The second kappa shape index (κ2) is 8.54. The smallest absolute Gasteiger partial charge is 0.288 e. The number of carbonyl (C=O) groups is 1. The Bertz CT molecular complexity index is 1080. The number of amides is 1. The zero-order valence-electron chi connectivity index (χ0n) is 16.4. The van der Waals surface area contributed by atoms with Gasteiger partial charge in [0.25, 0.3) is 11.5 Å². The molecule has 1 aliphatic heterocycles. The normalized spacial score (nSPS) is 16.9. The molecule has 2 aromatic heterocycles. The minimum absolute atomic E-state index is 0.00657. The molecule has 0 bridgehead atoms. The van der Waals surface area contributed by atoms with Gasteiger partial charge in [0.15, 0.2) is 0 Å². The standard InChI is InChI=1S/C20H23N5O2S2/c1-13-4-3-9-24(12-13)20-23-25-18(27)16(11-22-19(25)29-20)17(26)21-10-14-5-7-15(28-2)8-6-14/h5-8,11,13H,3-4,9-10,12H2,1-2H3,(H,21,26). The van der Waals surface area contributed by atoms with Crippen LogP contribution in [-0.4, -0.2) is 39.9 Å². The lowest BCUT2D eigenvalue weighted by molar-refractivity contribution is 0.0948. The van der Waals surface area contributed by atoms with Crippen molar-refractivity contribution in [3.8, 4) is 0 Å². The van der Waals surface area contributed by atoms with Crippen molar-refractivity contribution in [2.24, 2.45) is 5.92 Å². The van der Waals surface area contributed by atoms with Crippen molar-refractivity contribution in [1.29, 1.82) is 0 Å². The van der Waals surface area contributed by atoms with Gasteiger partial charge in [0.1, 0.15) is 5.56 Å². The molecular weight excluding hydrogens is 406 g/mol. The number of nitrogens with one attached hydrogen (secondary N) is 1. The van der Waals surface area contributed by atoms with Crippen LogP contribution in [0.2, 0.25) is 0 Å².